The van der Waals surface area contributed by atoms with Gasteiger partial charge in [0.15, 0.2) is 28.8 Å². The second-order valence-corrected chi connectivity index (χ2v) is 3.60. The first kappa shape index (κ1) is 11.1. The predicted molar refractivity (Wildman–Crippen MR) is 65.5 cm³/mol. The van der Waals surface area contributed by atoms with Crippen LogP contribution in [0, 0.1) is 5.82 Å². The van der Waals surface area contributed by atoms with E-state index in [1.807, 2.05) is 0 Å². The average Bonchev–Trinajstić information content (AvgIpc) is 2.27. The van der Waals surface area contributed by atoms with E-state index >= 15 is 0 Å². The molecule has 5 heteroatoms. The topological polar surface area (TPSA) is 46.5 Å². The van der Waals surface area contributed by atoms with E-state index in [0.717, 1.165) is 0 Å². The second-order valence-electron chi connectivity index (χ2n) is 3.16. The summed E-state index contributed by atoms with van der Waals surface area (Å²) in [5, 5.41) is 9.75. The van der Waals surface area contributed by atoms with Crippen LogP contribution < -0.4 is 3.07 Å². The Bertz CT molecular complexity index is 568. The third-order valence-electron chi connectivity index (χ3n) is 2.27. The van der Waals surface area contributed by atoms with Gasteiger partial charge in [0, 0.05) is 10.8 Å². The van der Waals surface area contributed by atoms with Crippen molar-refractivity contribution in [2.75, 3.05) is 0 Å². The molecule has 0 amide bonds. The molecule has 0 aliphatic heterocycles. The molecule has 0 atom stereocenters. The zero-order valence-electron chi connectivity index (χ0n) is 7.91. The van der Waals surface area contributed by atoms with Crippen molar-refractivity contribution in [2.24, 2.45) is 0 Å². The fraction of sp³-hybridized carbons (Fsp3) is 0. The van der Waals surface area contributed by atoms with E-state index in [9.17, 15) is 9.18 Å². The van der Waals surface area contributed by atoms with Crippen LogP contribution in [0.2, 0.25) is 0 Å². The number of aromatic carboxylic acids is 1. The Morgan fingerprint density at radius 3 is 2.62 bits per heavy atom. The molecule has 2 rings (SSSR count). The van der Waals surface area contributed by atoms with Crippen LogP contribution in [0.4, 0.5) is 4.39 Å². The quantitative estimate of drug-likeness (QED) is 0.858. The highest BCUT2D eigenvalue weighted by atomic mass is 127. The Balaban J connectivity index is 2.86. The maximum absolute atomic E-state index is 13.4. The summed E-state index contributed by atoms with van der Waals surface area (Å²) in [5.41, 5.74) is 0.0208. The number of benzene rings is 2. The van der Waals surface area contributed by atoms with Gasteiger partial charge in [0.25, 0.3) is 0 Å². The maximum Gasteiger partial charge on any atom is 0.339 e. The zero-order valence-corrected chi connectivity index (χ0v) is 10.1. The van der Waals surface area contributed by atoms with Gasteiger partial charge in [0.2, 0.25) is 0 Å². The summed E-state index contributed by atoms with van der Waals surface area (Å²) in [4.78, 5) is 10.9. The number of hydrogen-bond donors (Lipinski definition) is 1. The highest BCUT2D eigenvalue weighted by Gasteiger charge is 2.15. The Kier molecular flexibility index (Phi) is 2.95. The smallest absolute Gasteiger partial charge is 0.339 e. The molecular formula is C11H6FIO3. The number of carbonyl (C=O) groups is 1. The Labute approximate surface area is 105 Å². The van der Waals surface area contributed by atoms with Gasteiger partial charge >= 0.3 is 5.97 Å². The molecule has 3 nitrogen and oxygen atoms in total. The van der Waals surface area contributed by atoms with Crippen molar-refractivity contribution in [3.05, 3.63) is 41.7 Å². The number of carboxylic acid groups (broad SMARTS) is 1. The molecule has 0 radical (unpaired) electrons. The molecule has 1 N–H and O–H groups in total. The Hall–Kier alpha value is -1.37. The van der Waals surface area contributed by atoms with Crippen LogP contribution in [0.25, 0.3) is 10.8 Å². The highest BCUT2D eigenvalue weighted by Crippen LogP contribution is 2.32. The monoisotopic (exact) mass is 332 g/mol. The number of rotatable bonds is 2. The molecule has 0 spiro atoms. The maximum atomic E-state index is 13.4. The van der Waals surface area contributed by atoms with Crippen molar-refractivity contribution >= 4 is 39.7 Å². The largest absolute Gasteiger partial charge is 0.478 e. The van der Waals surface area contributed by atoms with Crippen molar-refractivity contribution in [1.29, 1.82) is 0 Å². The van der Waals surface area contributed by atoms with Crippen LogP contribution in [0.5, 0.6) is 5.75 Å². The van der Waals surface area contributed by atoms with E-state index in [1.54, 1.807) is 29.1 Å². The van der Waals surface area contributed by atoms with Crippen molar-refractivity contribution < 1.29 is 17.4 Å². The van der Waals surface area contributed by atoms with E-state index in [2.05, 4.69) is 0 Å². The lowest BCUT2D eigenvalue weighted by molar-refractivity contribution is 0.0695. The number of halogens is 2. The standard InChI is InChI=1S/C11H6FIO3/c12-9-3-1-2-7-6(9)4-5-8(11(14)15)10(7)16-13/h1-5H,(H,14,15). The van der Waals surface area contributed by atoms with Gasteiger partial charge in [0.05, 0.1) is 0 Å². The van der Waals surface area contributed by atoms with Gasteiger partial charge in [0.1, 0.15) is 11.4 Å². The fourth-order valence-electron chi connectivity index (χ4n) is 1.54. The molecule has 2 aromatic carbocycles. The summed E-state index contributed by atoms with van der Waals surface area (Å²) in [5.74, 6) is -1.33. The lowest BCUT2D eigenvalue weighted by Crippen LogP contribution is -1.99. The van der Waals surface area contributed by atoms with Crippen LogP contribution in [-0.2, 0) is 0 Å². The molecule has 16 heavy (non-hydrogen) atoms. The minimum absolute atomic E-state index is 0.0208. The van der Waals surface area contributed by atoms with Crippen molar-refractivity contribution in [2.45, 2.75) is 0 Å². The molecule has 0 aliphatic rings. The number of hydrogen-bond acceptors (Lipinski definition) is 2. The van der Waals surface area contributed by atoms with Gasteiger partial charge in [-0.3, -0.25) is 0 Å². The van der Waals surface area contributed by atoms with E-state index in [0.29, 0.717) is 10.8 Å². The number of fused-ring (bicyclic) bond motifs is 1. The molecule has 0 heterocycles. The summed E-state index contributed by atoms with van der Waals surface area (Å²) >= 11 is 1.59. The van der Waals surface area contributed by atoms with Crippen LogP contribution in [-0.4, -0.2) is 11.1 Å². The minimum Gasteiger partial charge on any atom is -0.478 e. The lowest BCUT2D eigenvalue weighted by Gasteiger charge is -2.07. The van der Waals surface area contributed by atoms with Gasteiger partial charge in [-0.1, -0.05) is 18.2 Å². The van der Waals surface area contributed by atoms with E-state index in [-0.39, 0.29) is 11.3 Å². The molecule has 2 aromatic rings. The second kappa shape index (κ2) is 4.25. The summed E-state index contributed by atoms with van der Waals surface area (Å²) in [6.45, 7) is 0. The van der Waals surface area contributed by atoms with Gasteiger partial charge in [-0.25, -0.2) is 9.18 Å². The SMILES string of the molecule is O=C(O)c1ccc2c(F)cccc2c1OI. The summed E-state index contributed by atoms with van der Waals surface area (Å²) in [6.07, 6.45) is 0. The van der Waals surface area contributed by atoms with E-state index in [4.69, 9.17) is 8.17 Å². The molecule has 0 bridgehead atoms. The fourth-order valence-corrected chi connectivity index (χ4v) is 2.02. The molecule has 0 fully saturated rings. The van der Waals surface area contributed by atoms with Gasteiger partial charge in [-0.2, -0.15) is 0 Å². The molecular weight excluding hydrogens is 326 g/mol. The summed E-state index contributed by atoms with van der Waals surface area (Å²) in [7, 11) is 0. The first-order chi connectivity index (χ1) is 7.65. The van der Waals surface area contributed by atoms with Crippen LogP contribution in [0.3, 0.4) is 0 Å². The van der Waals surface area contributed by atoms with Crippen molar-refractivity contribution in [3.8, 4) is 5.75 Å². The molecule has 0 aromatic heterocycles. The van der Waals surface area contributed by atoms with Crippen molar-refractivity contribution in [3.63, 3.8) is 0 Å². The van der Waals surface area contributed by atoms with Crippen LogP contribution >= 0.6 is 23.0 Å². The average molecular weight is 332 g/mol. The summed E-state index contributed by atoms with van der Waals surface area (Å²) < 4.78 is 18.4. The Morgan fingerprint density at radius 1 is 1.25 bits per heavy atom. The molecule has 82 valence electrons. The van der Waals surface area contributed by atoms with Crippen LogP contribution in [0.1, 0.15) is 10.4 Å². The zero-order chi connectivity index (χ0) is 11.7. The van der Waals surface area contributed by atoms with Crippen LogP contribution in [0.15, 0.2) is 30.3 Å². The van der Waals surface area contributed by atoms with Gasteiger partial charge in [-0.15, -0.1) is 0 Å². The van der Waals surface area contributed by atoms with E-state index < -0.39 is 11.8 Å². The van der Waals surface area contributed by atoms with Crippen molar-refractivity contribution in [1.82, 2.24) is 0 Å². The molecule has 0 unspecified atom stereocenters. The number of carboxylic acids is 1. The lowest BCUT2D eigenvalue weighted by atomic mass is 10.1. The first-order valence-electron chi connectivity index (χ1n) is 4.38. The third-order valence-corrected chi connectivity index (χ3v) is 2.71. The molecule has 0 aliphatic carbocycles. The van der Waals surface area contributed by atoms with Gasteiger partial charge < -0.3 is 8.17 Å². The summed E-state index contributed by atoms with van der Waals surface area (Å²) in [6, 6.07) is 7.23. The van der Waals surface area contributed by atoms with Gasteiger partial charge in [-0.05, 0) is 12.1 Å². The highest BCUT2D eigenvalue weighted by molar-refractivity contribution is 14.1. The minimum atomic E-state index is -1.10. The Morgan fingerprint density at radius 2 is 2.00 bits per heavy atom. The third kappa shape index (κ3) is 1.71. The first-order valence-corrected chi connectivity index (χ1v) is 5.26. The molecule has 0 saturated heterocycles. The predicted octanol–water partition coefficient (Wildman–Crippen LogP) is 3.41. The normalized spacial score (nSPS) is 10.4. The van der Waals surface area contributed by atoms with E-state index in [1.165, 1.54) is 24.3 Å². The molecule has 0 saturated carbocycles.